The third-order valence-corrected chi connectivity index (χ3v) is 4.20. The largest absolute Gasteiger partial charge is 0.367 e. The Morgan fingerprint density at radius 1 is 1.10 bits per heavy atom. The summed E-state index contributed by atoms with van der Waals surface area (Å²) in [5.74, 6) is -0.382. The predicted molar refractivity (Wildman–Crippen MR) is 89.9 cm³/mol. The molecule has 1 amide bonds. The molecule has 2 aromatic rings. The molecule has 1 atom stereocenters. The van der Waals surface area contributed by atoms with Crippen LogP contribution in [0.5, 0.6) is 0 Å². The van der Waals surface area contributed by atoms with E-state index >= 15 is 0 Å². The second kappa shape index (κ2) is 6.31. The minimum atomic E-state index is -0.935. The van der Waals surface area contributed by atoms with Crippen LogP contribution in [0.25, 0.3) is 0 Å². The van der Waals surface area contributed by atoms with Crippen LogP contribution in [0.4, 0.5) is 5.69 Å². The molecule has 0 heterocycles. The Morgan fingerprint density at radius 3 is 2.14 bits per heavy atom. The number of amides is 1. The zero-order valence-electron chi connectivity index (χ0n) is 12.1. The van der Waals surface area contributed by atoms with Crippen LogP contribution in [-0.4, -0.2) is 5.91 Å². The monoisotopic (exact) mass is 346 g/mol. The van der Waals surface area contributed by atoms with Gasteiger partial charge in [-0.3, -0.25) is 4.79 Å². The molecule has 0 radical (unpaired) electrons. The van der Waals surface area contributed by atoms with Crippen molar-refractivity contribution in [3.63, 3.8) is 0 Å². The summed E-state index contributed by atoms with van der Waals surface area (Å²) in [4.78, 5) is 12.3. The zero-order chi connectivity index (χ0) is 15.5. The molecule has 3 nitrogen and oxygen atoms in total. The number of hydrogen-bond donors (Lipinski definition) is 2. The van der Waals surface area contributed by atoms with Gasteiger partial charge in [0.05, 0.1) is 0 Å². The smallest absolute Gasteiger partial charge is 0.248 e. The molecule has 0 fully saturated rings. The van der Waals surface area contributed by atoms with Gasteiger partial charge in [-0.25, -0.2) is 0 Å². The van der Waals surface area contributed by atoms with Crippen molar-refractivity contribution in [1.29, 1.82) is 0 Å². The molecule has 110 valence electrons. The van der Waals surface area contributed by atoms with E-state index in [1.807, 2.05) is 68.4 Å². The highest BCUT2D eigenvalue weighted by Gasteiger charge is 2.41. The number of hydrogen-bond acceptors (Lipinski definition) is 2. The van der Waals surface area contributed by atoms with Gasteiger partial charge < -0.3 is 11.1 Å². The van der Waals surface area contributed by atoms with Crippen LogP contribution in [0.15, 0.2) is 59.1 Å². The van der Waals surface area contributed by atoms with Crippen molar-refractivity contribution < 1.29 is 4.79 Å². The van der Waals surface area contributed by atoms with Crippen LogP contribution in [-0.2, 0) is 10.3 Å². The van der Waals surface area contributed by atoms with E-state index in [-0.39, 0.29) is 11.8 Å². The molecule has 2 rings (SSSR count). The van der Waals surface area contributed by atoms with Gasteiger partial charge in [0.2, 0.25) is 5.91 Å². The molecule has 0 aromatic heterocycles. The lowest BCUT2D eigenvalue weighted by Gasteiger charge is -2.37. The number of rotatable bonds is 5. The van der Waals surface area contributed by atoms with Crippen molar-refractivity contribution in [2.45, 2.75) is 19.4 Å². The molecule has 0 bridgehead atoms. The first-order valence-electron chi connectivity index (χ1n) is 6.86. The number of benzene rings is 2. The second-order valence-corrected chi connectivity index (χ2v) is 6.24. The van der Waals surface area contributed by atoms with Gasteiger partial charge in [-0.2, -0.15) is 0 Å². The standard InChI is InChI=1S/C17H19BrN2O/c1-12(2)17(16(19)21,13-6-4-3-5-7-13)20-15-10-8-14(18)9-11-15/h3-12,20H,1-2H3,(H2,19,21). The van der Waals surface area contributed by atoms with Crippen molar-refractivity contribution in [3.8, 4) is 0 Å². The normalized spacial score (nSPS) is 13.7. The van der Waals surface area contributed by atoms with Gasteiger partial charge in [-0.15, -0.1) is 0 Å². The average Bonchev–Trinajstić information content (AvgIpc) is 2.47. The summed E-state index contributed by atoms with van der Waals surface area (Å²) in [6, 6.07) is 17.3. The van der Waals surface area contributed by atoms with Crippen molar-refractivity contribution in [3.05, 3.63) is 64.6 Å². The summed E-state index contributed by atoms with van der Waals surface area (Å²) in [6.07, 6.45) is 0. The van der Waals surface area contributed by atoms with E-state index in [9.17, 15) is 4.79 Å². The summed E-state index contributed by atoms with van der Waals surface area (Å²) in [6.45, 7) is 3.98. The van der Waals surface area contributed by atoms with Crippen molar-refractivity contribution in [2.24, 2.45) is 11.7 Å². The zero-order valence-corrected chi connectivity index (χ0v) is 13.7. The fraction of sp³-hybridized carbons (Fsp3) is 0.235. The summed E-state index contributed by atoms with van der Waals surface area (Å²) < 4.78 is 0.988. The highest BCUT2D eigenvalue weighted by atomic mass is 79.9. The average molecular weight is 347 g/mol. The van der Waals surface area contributed by atoms with E-state index in [2.05, 4.69) is 21.2 Å². The Bertz CT molecular complexity index is 610. The Hall–Kier alpha value is -1.81. The lowest BCUT2D eigenvalue weighted by molar-refractivity contribution is -0.124. The molecular weight excluding hydrogens is 328 g/mol. The first-order valence-corrected chi connectivity index (χ1v) is 7.65. The third-order valence-electron chi connectivity index (χ3n) is 3.67. The minimum Gasteiger partial charge on any atom is -0.367 e. The highest BCUT2D eigenvalue weighted by Crippen LogP contribution is 2.34. The predicted octanol–water partition coefficient (Wildman–Crippen LogP) is 3.90. The van der Waals surface area contributed by atoms with E-state index in [1.165, 1.54) is 0 Å². The lowest BCUT2D eigenvalue weighted by Crippen LogP contribution is -2.51. The van der Waals surface area contributed by atoms with Gasteiger partial charge in [-0.1, -0.05) is 60.1 Å². The van der Waals surface area contributed by atoms with Crippen LogP contribution in [0.3, 0.4) is 0 Å². The first-order chi connectivity index (χ1) is 9.96. The fourth-order valence-electron chi connectivity index (χ4n) is 2.50. The molecule has 0 aliphatic carbocycles. The molecule has 0 aliphatic heterocycles. The Morgan fingerprint density at radius 2 is 1.67 bits per heavy atom. The summed E-state index contributed by atoms with van der Waals surface area (Å²) >= 11 is 3.41. The van der Waals surface area contributed by atoms with Crippen LogP contribution >= 0.6 is 15.9 Å². The molecule has 4 heteroatoms. The number of nitrogens with one attached hydrogen (secondary N) is 1. The molecule has 0 saturated carbocycles. The Kier molecular flexibility index (Phi) is 4.68. The summed E-state index contributed by atoms with van der Waals surface area (Å²) in [5.41, 5.74) is 6.56. The van der Waals surface area contributed by atoms with Crippen LogP contribution in [0.2, 0.25) is 0 Å². The van der Waals surface area contributed by atoms with Crippen LogP contribution < -0.4 is 11.1 Å². The molecule has 21 heavy (non-hydrogen) atoms. The van der Waals surface area contributed by atoms with Crippen molar-refractivity contribution >= 4 is 27.5 Å². The lowest BCUT2D eigenvalue weighted by atomic mass is 9.79. The van der Waals surface area contributed by atoms with Gasteiger partial charge in [-0.05, 0) is 35.7 Å². The van der Waals surface area contributed by atoms with Gasteiger partial charge in [0.1, 0.15) is 5.54 Å². The Balaban J connectivity index is 2.50. The maximum absolute atomic E-state index is 12.3. The molecule has 1 unspecified atom stereocenters. The molecular formula is C17H19BrN2O. The number of carbonyl (C=O) groups excluding carboxylic acids is 1. The van der Waals surface area contributed by atoms with E-state index in [0.717, 1.165) is 15.7 Å². The van der Waals surface area contributed by atoms with Crippen LogP contribution in [0.1, 0.15) is 19.4 Å². The quantitative estimate of drug-likeness (QED) is 0.862. The van der Waals surface area contributed by atoms with E-state index < -0.39 is 5.54 Å². The third kappa shape index (κ3) is 3.10. The topological polar surface area (TPSA) is 55.1 Å². The molecule has 0 spiro atoms. The van der Waals surface area contributed by atoms with Gasteiger partial charge in [0, 0.05) is 10.2 Å². The Labute approximate surface area is 133 Å². The summed E-state index contributed by atoms with van der Waals surface area (Å²) in [7, 11) is 0. The SMILES string of the molecule is CC(C)C(Nc1ccc(Br)cc1)(C(N)=O)c1ccccc1. The molecule has 0 saturated heterocycles. The number of nitrogens with two attached hydrogens (primary N) is 1. The highest BCUT2D eigenvalue weighted by molar-refractivity contribution is 9.10. The van der Waals surface area contributed by atoms with Gasteiger partial charge in [0.15, 0.2) is 0 Å². The number of carbonyl (C=O) groups is 1. The number of primary amides is 1. The van der Waals surface area contributed by atoms with E-state index in [1.54, 1.807) is 0 Å². The van der Waals surface area contributed by atoms with E-state index in [0.29, 0.717) is 0 Å². The van der Waals surface area contributed by atoms with Gasteiger partial charge in [0.25, 0.3) is 0 Å². The van der Waals surface area contributed by atoms with Crippen LogP contribution in [0, 0.1) is 5.92 Å². The molecule has 3 N–H and O–H groups in total. The maximum atomic E-state index is 12.3. The molecule has 0 aliphatic rings. The van der Waals surface area contributed by atoms with Crippen molar-refractivity contribution in [1.82, 2.24) is 0 Å². The van der Waals surface area contributed by atoms with Gasteiger partial charge >= 0.3 is 0 Å². The minimum absolute atomic E-state index is 0.000969. The fourth-order valence-corrected chi connectivity index (χ4v) is 2.76. The summed E-state index contributed by atoms with van der Waals surface area (Å²) in [5, 5.41) is 3.34. The maximum Gasteiger partial charge on any atom is 0.248 e. The van der Waals surface area contributed by atoms with E-state index in [4.69, 9.17) is 5.73 Å². The second-order valence-electron chi connectivity index (χ2n) is 5.32. The number of anilines is 1. The molecule has 2 aromatic carbocycles. The van der Waals surface area contributed by atoms with Crippen molar-refractivity contribution in [2.75, 3.05) is 5.32 Å². The first kappa shape index (κ1) is 15.6. The number of halogens is 1.